The molecule has 8 heteroatoms. The summed E-state index contributed by atoms with van der Waals surface area (Å²) in [5.74, 6) is 0. The van der Waals surface area contributed by atoms with E-state index in [4.69, 9.17) is 4.65 Å². The van der Waals surface area contributed by atoms with Gasteiger partial charge in [-0.3, -0.25) is 3.97 Å². The van der Waals surface area contributed by atoms with Crippen molar-refractivity contribution in [3.63, 3.8) is 0 Å². The van der Waals surface area contributed by atoms with E-state index in [2.05, 4.69) is 0 Å². The molecule has 0 atom stereocenters. The minimum Gasteiger partial charge on any atom is -0.423 e. The molecule has 0 aliphatic carbocycles. The fourth-order valence-corrected chi connectivity index (χ4v) is 1.83. The molecular weight excluding hydrogens is 269 g/mol. The van der Waals surface area contributed by atoms with Crippen molar-refractivity contribution in [2.45, 2.75) is 38.9 Å². The molecule has 6 nitrogen and oxygen atoms in total. The zero-order valence-corrected chi connectivity index (χ0v) is 12.6. The van der Waals surface area contributed by atoms with Crippen molar-refractivity contribution < 1.29 is 23.2 Å². The fraction of sp³-hybridized carbons (Fsp3) is 0.636. The van der Waals surface area contributed by atoms with Gasteiger partial charge >= 0.3 is 7.12 Å². The van der Waals surface area contributed by atoms with Crippen LogP contribution in [0.3, 0.4) is 0 Å². The highest BCUT2D eigenvalue weighted by Gasteiger charge is 2.39. The highest BCUT2D eigenvalue weighted by molar-refractivity contribution is 7.89. The molecule has 0 amide bonds. The first-order valence-electron chi connectivity index (χ1n) is 5.81. The lowest BCUT2D eigenvalue weighted by Crippen LogP contribution is -2.53. The van der Waals surface area contributed by atoms with Gasteiger partial charge in [-0.2, -0.15) is 0 Å². The summed E-state index contributed by atoms with van der Waals surface area (Å²) in [5.41, 5.74) is -1.85. The van der Waals surface area contributed by atoms with Crippen LogP contribution in [0.4, 0.5) is 0 Å². The molecular formula is C11H20BNO5S. The van der Waals surface area contributed by atoms with Crippen LogP contribution >= 0.6 is 0 Å². The van der Waals surface area contributed by atoms with E-state index in [1.54, 1.807) is 27.7 Å². The summed E-state index contributed by atoms with van der Waals surface area (Å²) < 4.78 is 29.0. The number of hydrogen-bond acceptors (Lipinski definition) is 5. The van der Waals surface area contributed by atoms with Crippen molar-refractivity contribution in [3.8, 4) is 0 Å². The second-order valence-corrected chi connectivity index (χ2v) is 7.46. The molecule has 0 fully saturated rings. The van der Waals surface area contributed by atoms with Gasteiger partial charge in [0.1, 0.15) is 0 Å². The molecule has 0 spiro atoms. The molecule has 0 aromatic carbocycles. The van der Waals surface area contributed by atoms with Crippen molar-refractivity contribution in [1.29, 1.82) is 0 Å². The second-order valence-electron chi connectivity index (χ2n) is 5.58. The third-order valence-electron chi connectivity index (χ3n) is 3.24. The summed E-state index contributed by atoms with van der Waals surface area (Å²) >= 11 is 0. The summed E-state index contributed by atoms with van der Waals surface area (Å²) in [7, 11) is -4.70. The molecule has 0 radical (unpaired) electrons. The fourth-order valence-electron chi connectivity index (χ4n) is 1.24. The van der Waals surface area contributed by atoms with E-state index < -0.39 is 28.3 Å². The quantitative estimate of drug-likeness (QED) is 0.717. The van der Waals surface area contributed by atoms with Crippen LogP contribution in [0, 0.1) is 0 Å². The molecule has 0 saturated heterocycles. The summed E-state index contributed by atoms with van der Waals surface area (Å²) in [4.78, 5) is 0. The van der Waals surface area contributed by atoms with Gasteiger partial charge in [0.2, 0.25) is 10.0 Å². The van der Waals surface area contributed by atoms with Gasteiger partial charge in [-0.25, -0.2) is 8.42 Å². The monoisotopic (exact) mass is 289 g/mol. The second kappa shape index (κ2) is 4.94. The molecule has 0 unspecified atom stereocenters. The van der Waals surface area contributed by atoms with E-state index >= 15 is 0 Å². The summed E-state index contributed by atoms with van der Waals surface area (Å²) in [6.45, 7) is 6.43. The van der Waals surface area contributed by atoms with Crippen LogP contribution in [-0.4, -0.2) is 47.1 Å². The Morgan fingerprint density at radius 3 is 2.21 bits per heavy atom. The zero-order valence-electron chi connectivity index (χ0n) is 11.8. The Kier molecular flexibility index (Phi) is 4.22. The van der Waals surface area contributed by atoms with Gasteiger partial charge in [-0.05, 0) is 33.8 Å². The summed E-state index contributed by atoms with van der Waals surface area (Å²) in [6.07, 6.45) is 3.67. The van der Waals surface area contributed by atoms with Gasteiger partial charge in [0, 0.05) is 17.9 Å². The Balaban J connectivity index is 2.91. The van der Waals surface area contributed by atoms with Crippen LogP contribution in [0.2, 0.25) is 0 Å². The first kappa shape index (κ1) is 16.2. The lowest BCUT2D eigenvalue weighted by atomic mass is 9.78. The Hall–Kier alpha value is -0.825. The molecule has 1 aromatic heterocycles. The van der Waals surface area contributed by atoms with Crippen LogP contribution in [0.5, 0.6) is 0 Å². The van der Waals surface area contributed by atoms with E-state index in [-0.39, 0.29) is 0 Å². The summed E-state index contributed by atoms with van der Waals surface area (Å²) in [6, 6.07) is 1.45. The molecule has 0 aliphatic rings. The molecule has 19 heavy (non-hydrogen) atoms. The van der Waals surface area contributed by atoms with Crippen LogP contribution in [0.15, 0.2) is 18.5 Å². The molecule has 1 heterocycles. The molecule has 0 bridgehead atoms. The van der Waals surface area contributed by atoms with Crippen LogP contribution in [0.1, 0.15) is 27.7 Å². The van der Waals surface area contributed by atoms with Gasteiger partial charge in [-0.1, -0.05) is 0 Å². The van der Waals surface area contributed by atoms with Crippen molar-refractivity contribution in [2.24, 2.45) is 0 Å². The van der Waals surface area contributed by atoms with Crippen molar-refractivity contribution >= 4 is 22.6 Å². The maximum absolute atomic E-state index is 11.3. The van der Waals surface area contributed by atoms with Crippen LogP contribution < -0.4 is 5.46 Å². The first-order valence-corrected chi connectivity index (χ1v) is 7.66. The van der Waals surface area contributed by atoms with Crippen LogP contribution in [-0.2, 0) is 14.7 Å². The minimum atomic E-state index is -3.39. The number of aliphatic hydroxyl groups is 1. The van der Waals surface area contributed by atoms with Gasteiger partial charge in [0.05, 0.1) is 17.5 Å². The van der Waals surface area contributed by atoms with E-state index in [1.807, 2.05) is 0 Å². The largest absolute Gasteiger partial charge is 0.493 e. The SMILES string of the molecule is CC(C)(O)C(C)(C)OB(O)c1ccn(S(C)(=O)=O)c1. The predicted molar refractivity (Wildman–Crippen MR) is 73.7 cm³/mol. The summed E-state index contributed by atoms with van der Waals surface area (Å²) in [5, 5.41) is 19.9. The van der Waals surface area contributed by atoms with Crippen molar-refractivity contribution in [3.05, 3.63) is 18.5 Å². The zero-order chi connectivity index (χ0) is 15.1. The van der Waals surface area contributed by atoms with E-state index in [0.29, 0.717) is 5.46 Å². The molecule has 108 valence electrons. The normalized spacial score (nSPS) is 13.6. The lowest BCUT2D eigenvalue weighted by Gasteiger charge is -2.38. The van der Waals surface area contributed by atoms with E-state index in [0.717, 1.165) is 10.2 Å². The highest BCUT2D eigenvalue weighted by Crippen LogP contribution is 2.25. The van der Waals surface area contributed by atoms with Gasteiger partial charge in [0.25, 0.3) is 0 Å². The van der Waals surface area contributed by atoms with Gasteiger partial charge in [0.15, 0.2) is 0 Å². The standard InChI is InChI=1S/C11H20BNO5S/c1-10(2,14)11(3,4)18-12(15)9-6-7-13(8-9)19(5,16)17/h6-8,14-15H,1-5H3. The molecule has 1 rings (SSSR count). The Morgan fingerprint density at radius 1 is 1.32 bits per heavy atom. The van der Waals surface area contributed by atoms with E-state index in [1.165, 1.54) is 18.5 Å². The molecule has 1 aromatic rings. The first-order chi connectivity index (χ1) is 8.34. The Morgan fingerprint density at radius 2 is 1.84 bits per heavy atom. The molecule has 0 saturated carbocycles. The van der Waals surface area contributed by atoms with Crippen molar-refractivity contribution in [2.75, 3.05) is 6.26 Å². The Bertz CT molecular complexity index is 544. The predicted octanol–water partition coefficient (Wildman–Crippen LogP) is -0.451. The topological polar surface area (TPSA) is 88.8 Å². The maximum atomic E-state index is 11.3. The Labute approximate surface area is 114 Å². The van der Waals surface area contributed by atoms with Gasteiger partial charge in [-0.15, -0.1) is 0 Å². The number of nitrogens with zero attached hydrogens (tertiary/aromatic N) is 1. The van der Waals surface area contributed by atoms with Crippen LogP contribution in [0.25, 0.3) is 0 Å². The number of rotatable bonds is 5. The smallest absolute Gasteiger partial charge is 0.423 e. The molecule has 2 N–H and O–H groups in total. The van der Waals surface area contributed by atoms with Crippen molar-refractivity contribution in [1.82, 2.24) is 3.97 Å². The van der Waals surface area contributed by atoms with Gasteiger partial charge < -0.3 is 14.8 Å². The lowest BCUT2D eigenvalue weighted by molar-refractivity contribution is -0.0982. The third kappa shape index (κ3) is 3.82. The highest BCUT2D eigenvalue weighted by atomic mass is 32.2. The number of aromatic nitrogens is 1. The number of hydrogen-bond donors (Lipinski definition) is 2. The third-order valence-corrected chi connectivity index (χ3v) is 4.23. The average Bonchev–Trinajstić information content (AvgIpc) is 2.62. The average molecular weight is 289 g/mol. The minimum absolute atomic E-state index is 0.308. The van der Waals surface area contributed by atoms with E-state index in [9.17, 15) is 18.5 Å². The molecule has 0 aliphatic heterocycles. The maximum Gasteiger partial charge on any atom is 0.493 e.